The number of aryl methyl sites for hydroxylation is 1. The standard InChI is InChI=1S/C17H16N4O/c1-10(2)14-15(12-6-4-11(3)5-7-12)20-16-13(8-18)9-19-21(16)17(14)22/h4-7,9-10,20H,1-3H3. The zero-order chi connectivity index (χ0) is 15.9. The Labute approximate surface area is 127 Å². The Hall–Kier alpha value is -2.87. The number of hydrogen-bond donors (Lipinski definition) is 1. The number of aromatic nitrogens is 3. The van der Waals surface area contributed by atoms with Crippen LogP contribution in [-0.4, -0.2) is 14.6 Å². The van der Waals surface area contributed by atoms with Crippen molar-refractivity contribution in [2.24, 2.45) is 0 Å². The van der Waals surface area contributed by atoms with Gasteiger partial charge in [-0.3, -0.25) is 4.79 Å². The van der Waals surface area contributed by atoms with Gasteiger partial charge < -0.3 is 4.98 Å². The second kappa shape index (κ2) is 5.15. The topological polar surface area (TPSA) is 73.9 Å². The second-order valence-electron chi connectivity index (χ2n) is 5.67. The summed E-state index contributed by atoms with van der Waals surface area (Å²) >= 11 is 0. The van der Waals surface area contributed by atoms with Gasteiger partial charge in [0.2, 0.25) is 0 Å². The molecule has 0 saturated carbocycles. The van der Waals surface area contributed by atoms with Crippen molar-refractivity contribution in [1.29, 1.82) is 5.26 Å². The van der Waals surface area contributed by atoms with E-state index in [1.165, 1.54) is 10.7 Å². The average Bonchev–Trinajstić information content (AvgIpc) is 2.90. The van der Waals surface area contributed by atoms with Crippen LogP contribution in [-0.2, 0) is 0 Å². The Balaban J connectivity index is 2.41. The van der Waals surface area contributed by atoms with Crippen molar-refractivity contribution in [3.05, 3.63) is 57.5 Å². The molecule has 0 saturated heterocycles. The van der Waals surface area contributed by atoms with Gasteiger partial charge in [0.1, 0.15) is 11.6 Å². The minimum absolute atomic E-state index is 0.0409. The number of benzene rings is 1. The van der Waals surface area contributed by atoms with E-state index in [0.29, 0.717) is 16.8 Å². The number of fused-ring (bicyclic) bond motifs is 1. The molecule has 0 atom stereocenters. The fraction of sp³-hybridized carbons (Fsp3) is 0.235. The molecular weight excluding hydrogens is 276 g/mol. The predicted octanol–water partition coefficient (Wildman–Crippen LogP) is 2.99. The van der Waals surface area contributed by atoms with Crippen LogP contribution in [0.4, 0.5) is 0 Å². The lowest BCUT2D eigenvalue weighted by atomic mass is 9.98. The molecule has 5 nitrogen and oxygen atoms in total. The van der Waals surface area contributed by atoms with Gasteiger partial charge >= 0.3 is 0 Å². The predicted molar refractivity (Wildman–Crippen MR) is 84.8 cm³/mol. The number of aromatic amines is 1. The van der Waals surface area contributed by atoms with Gasteiger partial charge in [-0.1, -0.05) is 43.7 Å². The quantitative estimate of drug-likeness (QED) is 0.789. The number of H-pyrrole nitrogens is 1. The maximum absolute atomic E-state index is 12.7. The minimum Gasteiger partial charge on any atom is -0.338 e. The first kappa shape index (κ1) is 14.1. The van der Waals surface area contributed by atoms with Crippen molar-refractivity contribution in [2.75, 3.05) is 0 Å². The summed E-state index contributed by atoms with van der Waals surface area (Å²) in [6, 6.07) is 10.0. The third-order valence-electron chi connectivity index (χ3n) is 3.74. The molecule has 1 aromatic carbocycles. The van der Waals surface area contributed by atoms with E-state index >= 15 is 0 Å². The molecule has 0 bridgehead atoms. The first-order chi connectivity index (χ1) is 10.5. The van der Waals surface area contributed by atoms with Gasteiger partial charge in [0.15, 0.2) is 5.65 Å². The first-order valence-electron chi connectivity index (χ1n) is 7.14. The summed E-state index contributed by atoms with van der Waals surface area (Å²) < 4.78 is 1.27. The summed E-state index contributed by atoms with van der Waals surface area (Å²) in [6.07, 6.45) is 1.41. The Morgan fingerprint density at radius 2 is 1.95 bits per heavy atom. The van der Waals surface area contributed by atoms with Crippen molar-refractivity contribution in [1.82, 2.24) is 14.6 Å². The highest BCUT2D eigenvalue weighted by atomic mass is 16.1. The molecule has 22 heavy (non-hydrogen) atoms. The van der Waals surface area contributed by atoms with E-state index in [1.54, 1.807) is 0 Å². The van der Waals surface area contributed by atoms with E-state index in [4.69, 9.17) is 5.26 Å². The molecule has 3 aromatic rings. The lowest BCUT2D eigenvalue weighted by Gasteiger charge is -2.13. The first-order valence-corrected chi connectivity index (χ1v) is 7.14. The summed E-state index contributed by atoms with van der Waals surface area (Å²) in [4.78, 5) is 16.0. The highest BCUT2D eigenvalue weighted by Crippen LogP contribution is 2.26. The molecule has 1 N–H and O–H groups in total. The van der Waals surface area contributed by atoms with Crippen LogP contribution in [0.3, 0.4) is 0 Å². The van der Waals surface area contributed by atoms with Crippen molar-refractivity contribution in [3.63, 3.8) is 0 Å². The largest absolute Gasteiger partial charge is 0.338 e. The lowest BCUT2D eigenvalue weighted by Crippen LogP contribution is -2.22. The fourth-order valence-corrected chi connectivity index (χ4v) is 2.59. The van der Waals surface area contributed by atoms with Gasteiger partial charge in [0.25, 0.3) is 5.56 Å². The van der Waals surface area contributed by atoms with E-state index in [-0.39, 0.29) is 11.5 Å². The number of rotatable bonds is 2. The molecule has 0 aliphatic carbocycles. The van der Waals surface area contributed by atoms with Crippen LogP contribution in [0, 0.1) is 18.3 Å². The second-order valence-corrected chi connectivity index (χ2v) is 5.67. The van der Waals surface area contributed by atoms with E-state index in [9.17, 15) is 4.79 Å². The Morgan fingerprint density at radius 1 is 1.27 bits per heavy atom. The van der Waals surface area contributed by atoms with E-state index < -0.39 is 0 Å². The van der Waals surface area contributed by atoms with Crippen molar-refractivity contribution >= 4 is 5.65 Å². The summed E-state index contributed by atoms with van der Waals surface area (Å²) in [6.45, 7) is 5.97. The molecule has 2 heterocycles. The fourth-order valence-electron chi connectivity index (χ4n) is 2.59. The van der Waals surface area contributed by atoms with E-state index in [0.717, 1.165) is 16.8 Å². The van der Waals surface area contributed by atoms with E-state index in [1.807, 2.05) is 45.0 Å². The highest BCUT2D eigenvalue weighted by Gasteiger charge is 2.18. The number of nitriles is 1. The van der Waals surface area contributed by atoms with Crippen LogP contribution >= 0.6 is 0 Å². The van der Waals surface area contributed by atoms with Gasteiger partial charge in [-0.05, 0) is 18.4 Å². The molecule has 110 valence electrons. The van der Waals surface area contributed by atoms with Crippen LogP contribution < -0.4 is 5.56 Å². The third kappa shape index (κ3) is 2.09. The van der Waals surface area contributed by atoms with Crippen LogP contribution in [0.15, 0.2) is 35.3 Å². The van der Waals surface area contributed by atoms with Gasteiger partial charge in [-0.2, -0.15) is 14.9 Å². The zero-order valence-electron chi connectivity index (χ0n) is 12.7. The van der Waals surface area contributed by atoms with Crippen LogP contribution in [0.2, 0.25) is 0 Å². The van der Waals surface area contributed by atoms with Crippen LogP contribution in [0.1, 0.15) is 36.5 Å². The third-order valence-corrected chi connectivity index (χ3v) is 3.74. The van der Waals surface area contributed by atoms with Gasteiger partial charge in [0, 0.05) is 5.56 Å². The number of hydrogen-bond acceptors (Lipinski definition) is 3. The summed E-state index contributed by atoms with van der Waals surface area (Å²) in [5, 5.41) is 13.2. The Kier molecular flexibility index (Phi) is 3.30. The van der Waals surface area contributed by atoms with Crippen molar-refractivity contribution in [3.8, 4) is 17.3 Å². The molecule has 0 aliphatic heterocycles. The SMILES string of the molecule is Cc1ccc(-c2[nH]c3c(C#N)cnn3c(=O)c2C(C)C)cc1. The Bertz CT molecular complexity index is 940. The monoisotopic (exact) mass is 292 g/mol. The molecule has 0 unspecified atom stereocenters. The van der Waals surface area contributed by atoms with E-state index in [2.05, 4.69) is 16.2 Å². The van der Waals surface area contributed by atoms with Crippen molar-refractivity contribution < 1.29 is 0 Å². The summed E-state index contributed by atoms with van der Waals surface area (Å²) in [7, 11) is 0. The molecule has 0 fully saturated rings. The number of nitrogens with one attached hydrogen (secondary N) is 1. The molecule has 0 amide bonds. The normalized spacial score (nSPS) is 11.0. The highest BCUT2D eigenvalue weighted by molar-refractivity contribution is 5.68. The summed E-state index contributed by atoms with van der Waals surface area (Å²) in [5.41, 5.74) is 4.13. The minimum atomic E-state index is -0.180. The zero-order valence-corrected chi connectivity index (χ0v) is 12.7. The number of nitrogens with zero attached hydrogens (tertiary/aromatic N) is 3. The molecule has 3 rings (SSSR count). The van der Waals surface area contributed by atoms with Gasteiger partial charge in [0.05, 0.1) is 11.9 Å². The molecule has 2 aromatic heterocycles. The maximum atomic E-state index is 12.7. The molecule has 0 aliphatic rings. The van der Waals surface area contributed by atoms with Crippen LogP contribution in [0.25, 0.3) is 16.9 Å². The molecule has 5 heteroatoms. The maximum Gasteiger partial charge on any atom is 0.278 e. The Morgan fingerprint density at radius 3 is 2.55 bits per heavy atom. The smallest absolute Gasteiger partial charge is 0.278 e. The molecule has 0 radical (unpaired) electrons. The van der Waals surface area contributed by atoms with Gasteiger partial charge in [-0.15, -0.1) is 0 Å². The lowest BCUT2D eigenvalue weighted by molar-refractivity contribution is 0.797. The van der Waals surface area contributed by atoms with Crippen molar-refractivity contribution in [2.45, 2.75) is 26.7 Å². The molecular formula is C17H16N4O. The summed E-state index contributed by atoms with van der Waals surface area (Å²) in [5.74, 6) is 0.0409. The average molecular weight is 292 g/mol. The van der Waals surface area contributed by atoms with Crippen LogP contribution in [0.5, 0.6) is 0 Å². The molecule has 0 spiro atoms. The van der Waals surface area contributed by atoms with Gasteiger partial charge in [-0.25, -0.2) is 0 Å².